The van der Waals surface area contributed by atoms with Gasteiger partial charge < -0.3 is 14.8 Å². The summed E-state index contributed by atoms with van der Waals surface area (Å²) in [5.74, 6) is -1.89. The van der Waals surface area contributed by atoms with Crippen molar-refractivity contribution in [2.24, 2.45) is 0 Å². The highest BCUT2D eigenvalue weighted by Gasteiger charge is 2.22. The fourth-order valence-corrected chi connectivity index (χ4v) is 1.76. The summed E-state index contributed by atoms with van der Waals surface area (Å²) < 4.78 is 6.97. The molecule has 0 saturated carbocycles. The van der Waals surface area contributed by atoms with Crippen LogP contribution >= 0.6 is 24.6 Å². The lowest BCUT2D eigenvalue weighted by Gasteiger charge is -2.13. The number of carbonyl (C=O) groups is 4. The Kier molecular flexibility index (Phi) is 9.06. The number of hydrogen-bond donors (Lipinski definition) is 3. The predicted molar refractivity (Wildman–Crippen MR) is 73.4 cm³/mol. The minimum atomic E-state index is -0.951. The Bertz CT molecular complexity index is 362. The van der Waals surface area contributed by atoms with Crippen LogP contribution in [0.3, 0.4) is 0 Å². The standard InChI is InChI=1S/C10H16N2O5S2/c1-6(13)11-8(5-18)10(16)17-9(15)3-4-19-12-7(2)14/h8,18H,3-5H2,1-2H3,(H,11,13)(H,12,14)/t8-/m0/s1. The van der Waals surface area contributed by atoms with E-state index >= 15 is 0 Å². The molecule has 1 atom stereocenters. The lowest BCUT2D eigenvalue weighted by atomic mass is 10.3. The van der Waals surface area contributed by atoms with Crippen molar-refractivity contribution in [3.63, 3.8) is 0 Å². The van der Waals surface area contributed by atoms with Crippen molar-refractivity contribution < 1.29 is 23.9 Å². The Morgan fingerprint density at radius 3 is 2.32 bits per heavy atom. The number of hydrogen-bond acceptors (Lipinski definition) is 7. The van der Waals surface area contributed by atoms with Crippen LogP contribution in [0.2, 0.25) is 0 Å². The zero-order valence-electron chi connectivity index (χ0n) is 10.6. The van der Waals surface area contributed by atoms with Crippen LogP contribution in [0, 0.1) is 0 Å². The Morgan fingerprint density at radius 1 is 1.21 bits per heavy atom. The monoisotopic (exact) mass is 308 g/mol. The average Bonchev–Trinajstić information content (AvgIpc) is 2.31. The molecular formula is C10H16N2O5S2. The van der Waals surface area contributed by atoms with Crippen LogP contribution in [-0.4, -0.2) is 41.3 Å². The Balaban J connectivity index is 3.99. The first-order valence-electron chi connectivity index (χ1n) is 5.37. The van der Waals surface area contributed by atoms with Gasteiger partial charge in [-0.25, -0.2) is 4.79 Å². The molecule has 19 heavy (non-hydrogen) atoms. The minimum Gasteiger partial charge on any atom is -0.392 e. The summed E-state index contributed by atoms with van der Waals surface area (Å²) in [6, 6.07) is -0.951. The summed E-state index contributed by atoms with van der Waals surface area (Å²) in [5.41, 5.74) is 0. The lowest BCUT2D eigenvalue weighted by molar-refractivity contribution is -0.161. The second-order valence-corrected chi connectivity index (χ2v) is 4.75. The molecule has 2 N–H and O–H groups in total. The number of carbonyl (C=O) groups excluding carboxylic acids is 4. The molecule has 7 nitrogen and oxygen atoms in total. The molecule has 0 aliphatic rings. The molecule has 0 radical (unpaired) electrons. The Morgan fingerprint density at radius 2 is 1.84 bits per heavy atom. The second kappa shape index (κ2) is 9.68. The third-order valence-electron chi connectivity index (χ3n) is 1.68. The maximum absolute atomic E-state index is 11.5. The van der Waals surface area contributed by atoms with Crippen molar-refractivity contribution in [3.05, 3.63) is 0 Å². The van der Waals surface area contributed by atoms with Gasteiger partial charge in [0.15, 0.2) is 0 Å². The summed E-state index contributed by atoms with van der Waals surface area (Å²) in [6.07, 6.45) is -0.0317. The van der Waals surface area contributed by atoms with E-state index < -0.39 is 23.9 Å². The van der Waals surface area contributed by atoms with Gasteiger partial charge in [-0.05, 0) is 11.9 Å². The molecule has 0 aromatic heterocycles. The van der Waals surface area contributed by atoms with Crippen molar-refractivity contribution in [1.82, 2.24) is 10.0 Å². The number of amides is 2. The zero-order valence-corrected chi connectivity index (χ0v) is 12.3. The van der Waals surface area contributed by atoms with E-state index in [-0.39, 0.29) is 23.8 Å². The third kappa shape index (κ3) is 9.37. The van der Waals surface area contributed by atoms with E-state index in [0.717, 1.165) is 11.9 Å². The number of ether oxygens (including phenoxy) is 1. The summed E-state index contributed by atoms with van der Waals surface area (Å²) in [6.45, 7) is 2.59. The molecule has 0 aromatic carbocycles. The lowest BCUT2D eigenvalue weighted by Crippen LogP contribution is -2.42. The summed E-state index contributed by atoms with van der Waals surface area (Å²) in [4.78, 5) is 44.1. The molecule has 0 aliphatic heterocycles. The molecule has 2 amide bonds. The zero-order chi connectivity index (χ0) is 14.8. The highest BCUT2D eigenvalue weighted by molar-refractivity contribution is 7.97. The largest absolute Gasteiger partial charge is 0.392 e. The van der Waals surface area contributed by atoms with E-state index in [4.69, 9.17) is 0 Å². The number of esters is 2. The molecule has 0 rings (SSSR count). The molecule has 9 heteroatoms. The van der Waals surface area contributed by atoms with Crippen molar-refractivity contribution in [1.29, 1.82) is 0 Å². The van der Waals surface area contributed by atoms with E-state index in [2.05, 4.69) is 27.4 Å². The smallest absolute Gasteiger partial charge is 0.337 e. The van der Waals surface area contributed by atoms with Gasteiger partial charge in [0.25, 0.3) is 0 Å². The van der Waals surface area contributed by atoms with Gasteiger partial charge in [-0.1, -0.05) is 0 Å². The molecule has 0 spiro atoms. The first kappa shape index (κ1) is 17.8. The van der Waals surface area contributed by atoms with Crippen LogP contribution in [0.25, 0.3) is 0 Å². The third-order valence-corrected chi connectivity index (χ3v) is 2.89. The molecule has 0 saturated heterocycles. The van der Waals surface area contributed by atoms with Gasteiger partial charge in [0.1, 0.15) is 6.04 Å². The van der Waals surface area contributed by atoms with Crippen molar-refractivity contribution >= 4 is 48.3 Å². The van der Waals surface area contributed by atoms with Crippen LogP contribution in [0.5, 0.6) is 0 Å². The molecule has 0 aliphatic carbocycles. The van der Waals surface area contributed by atoms with Crippen molar-refractivity contribution in [2.75, 3.05) is 11.5 Å². The van der Waals surface area contributed by atoms with Gasteiger partial charge in [0, 0.05) is 25.4 Å². The second-order valence-electron chi connectivity index (χ2n) is 3.49. The molecule has 108 valence electrons. The van der Waals surface area contributed by atoms with Gasteiger partial charge in [-0.3, -0.25) is 14.4 Å². The number of thiol groups is 1. The molecule has 0 bridgehead atoms. The van der Waals surface area contributed by atoms with Gasteiger partial charge in [0.05, 0.1) is 6.42 Å². The normalized spacial score (nSPS) is 11.3. The minimum absolute atomic E-state index is 0.0317. The van der Waals surface area contributed by atoms with Crippen LogP contribution in [0.1, 0.15) is 20.3 Å². The number of rotatable bonds is 7. The van der Waals surface area contributed by atoms with E-state index in [1.807, 2.05) is 0 Å². The van der Waals surface area contributed by atoms with E-state index in [0.29, 0.717) is 0 Å². The van der Waals surface area contributed by atoms with E-state index in [9.17, 15) is 19.2 Å². The van der Waals surface area contributed by atoms with Gasteiger partial charge in [-0.15, -0.1) is 0 Å². The van der Waals surface area contributed by atoms with E-state index in [1.165, 1.54) is 13.8 Å². The molecule has 0 aromatic rings. The molecule has 0 heterocycles. The van der Waals surface area contributed by atoms with Crippen LogP contribution in [-0.2, 0) is 23.9 Å². The van der Waals surface area contributed by atoms with Gasteiger partial charge in [-0.2, -0.15) is 12.6 Å². The Labute approximate surface area is 120 Å². The maximum Gasteiger partial charge on any atom is 0.337 e. The molecule has 0 fully saturated rings. The molecular weight excluding hydrogens is 292 g/mol. The Hall–Kier alpha value is -1.22. The topological polar surface area (TPSA) is 102 Å². The summed E-state index contributed by atoms with van der Waals surface area (Å²) in [7, 11) is 0. The highest BCUT2D eigenvalue weighted by atomic mass is 32.2. The van der Waals surface area contributed by atoms with Crippen LogP contribution in [0.15, 0.2) is 0 Å². The summed E-state index contributed by atoms with van der Waals surface area (Å²) in [5, 5.41) is 2.31. The first-order chi connectivity index (χ1) is 8.86. The fourth-order valence-electron chi connectivity index (χ4n) is 0.946. The van der Waals surface area contributed by atoms with Crippen LogP contribution < -0.4 is 10.0 Å². The van der Waals surface area contributed by atoms with Crippen LogP contribution in [0.4, 0.5) is 0 Å². The summed E-state index contributed by atoms with van der Waals surface area (Å²) >= 11 is 4.93. The molecule has 0 unspecified atom stereocenters. The average molecular weight is 308 g/mol. The highest BCUT2D eigenvalue weighted by Crippen LogP contribution is 2.00. The van der Waals surface area contributed by atoms with Crippen molar-refractivity contribution in [2.45, 2.75) is 26.3 Å². The first-order valence-corrected chi connectivity index (χ1v) is 6.99. The van der Waals surface area contributed by atoms with E-state index in [1.54, 1.807) is 0 Å². The van der Waals surface area contributed by atoms with Gasteiger partial charge in [0.2, 0.25) is 11.8 Å². The van der Waals surface area contributed by atoms with Crippen molar-refractivity contribution in [3.8, 4) is 0 Å². The fraction of sp³-hybridized carbons (Fsp3) is 0.600. The van der Waals surface area contributed by atoms with Gasteiger partial charge >= 0.3 is 11.9 Å². The quantitative estimate of drug-likeness (QED) is 0.196. The SMILES string of the molecule is CC(=O)NSCCC(=O)OC(=O)[C@H](CS)NC(C)=O. The number of nitrogens with one attached hydrogen (secondary N) is 2. The maximum atomic E-state index is 11.5. The predicted octanol–water partition coefficient (Wildman–Crippen LogP) is -0.335.